The third kappa shape index (κ3) is 26.9. The molecule has 412 valence electrons. The van der Waals surface area contributed by atoms with Crippen LogP contribution in [0.4, 0.5) is 0 Å². The Balaban J connectivity index is 3.98. The highest BCUT2D eigenvalue weighted by Crippen LogP contribution is 2.19. The SMILES string of the molecule is CC(C)CCCCCCCCC1CC(=O)N[C@@H](CCC(=O)O)C(=O)N[C@@H](CC(C)C)C(=O)N[C@H](CC(C)C)C(=O)N[C@@H](C(C)C)C(=O)N[C@@H](CC(=O)O)C(=O)N[C@H](CC(C)C)C(=O)N[C@@H](CC(C)C)C(=O)O1. The standard InChI is InChI=1S/C52H91N7O13/c1-29(2)19-17-15-13-14-16-18-20-35-27-42(60)53-36(21-22-43(61)62)46(65)54-37(23-30(3)4)47(66)56-39(25-32(7)8)50(69)59-45(34(11)12)51(70)57-40(28-44(63)64)49(68)55-38(24-31(5)6)48(67)58-41(26-33(9)10)52(71)72-35/h29-41,45H,13-28H2,1-12H3,(H,53,60)(H,54,65)(H,55,68)(H,56,66)(H,57,70)(H,58,67)(H,59,69)(H,61,62)(H,63,64)/t35?,36-,37-,38+,39+,40-,41-,45-/m0/s1. The zero-order valence-corrected chi connectivity index (χ0v) is 45.3. The van der Waals surface area contributed by atoms with E-state index >= 15 is 0 Å². The van der Waals surface area contributed by atoms with Crippen LogP contribution < -0.4 is 37.2 Å². The summed E-state index contributed by atoms with van der Waals surface area (Å²) in [5.41, 5.74) is 0. The van der Waals surface area contributed by atoms with E-state index in [4.69, 9.17) is 4.74 Å². The summed E-state index contributed by atoms with van der Waals surface area (Å²) in [6, 6.07) is -9.64. The molecule has 0 spiro atoms. The molecule has 0 aromatic heterocycles. The average Bonchev–Trinajstić information content (AvgIpc) is 3.24. The Morgan fingerprint density at radius 2 is 0.861 bits per heavy atom. The molecule has 20 heteroatoms. The Kier molecular flexibility index (Phi) is 30.0. The molecular formula is C52H91N7O13. The van der Waals surface area contributed by atoms with Crippen molar-refractivity contribution in [2.45, 2.75) is 234 Å². The highest BCUT2D eigenvalue weighted by atomic mass is 16.5. The summed E-state index contributed by atoms with van der Waals surface area (Å²) in [6.07, 6.45) is 3.79. The Bertz CT molecular complexity index is 1790. The molecule has 20 nitrogen and oxygen atoms in total. The number of aliphatic carboxylic acids is 2. The number of cyclic esters (lactones) is 1. The Hall–Kier alpha value is -5.30. The van der Waals surface area contributed by atoms with Crippen molar-refractivity contribution in [1.29, 1.82) is 0 Å². The minimum atomic E-state index is -1.72. The fourth-order valence-corrected chi connectivity index (χ4v) is 8.40. The number of carboxylic acids is 2. The van der Waals surface area contributed by atoms with Crippen LogP contribution in [0.1, 0.15) is 186 Å². The number of ether oxygens (including phenoxy) is 1. The van der Waals surface area contributed by atoms with Crippen LogP contribution >= 0.6 is 0 Å². The molecule has 0 bridgehead atoms. The summed E-state index contributed by atoms with van der Waals surface area (Å²) in [6.45, 7) is 22.0. The predicted octanol–water partition coefficient (Wildman–Crippen LogP) is 4.65. The second-order valence-electron chi connectivity index (χ2n) is 22.1. The van der Waals surface area contributed by atoms with Crippen LogP contribution in [-0.2, 0) is 52.7 Å². The third-order valence-corrected chi connectivity index (χ3v) is 12.1. The van der Waals surface area contributed by atoms with Gasteiger partial charge in [-0.3, -0.25) is 43.2 Å². The summed E-state index contributed by atoms with van der Waals surface area (Å²) in [5, 5.41) is 37.9. The van der Waals surface area contributed by atoms with Gasteiger partial charge in [-0.05, 0) is 80.5 Å². The van der Waals surface area contributed by atoms with Crippen molar-refractivity contribution in [2.75, 3.05) is 0 Å². The molecule has 1 aliphatic heterocycles. The summed E-state index contributed by atoms with van der Waals surface area (Å²) >= 11 is 0. The molecule has 1 saturated heterocycles. The number of carbonyl (C=O) groups excluding carboxylic acids is 8. The van der Waals surface area contributed by atoms with Crippen molar-refractivity contribution in [3.8, 4) is 0 Å². The number of unbranched alkanes of at least 4 members (excludes halogenated alkanes) is 5. The first-order valence-corrected chi connectivity index (χ1v) is 26.3. The highest BCUT2D eigenvalue weighted by molar-refractivity contribution is 5.98. The molecule has 1 aliphatic rings. The van der Waals surface area contributed by atoms with Crippen molar-refractivity contribution < 1.29 is 62.9 Å². The van der Waals surface area contributed by atoms with Gasteiger partial charge in [0.15, 0.2) is 0 Å². The van der Waals surface area contributed by atoms with Gasteiger partial charge in [0.2, 0.25) is 41.4 Å². The van der Waals surface area contributed by atoms with Crippen LogP contribution in [-0.4, -0.2) is 118 Å². The molecule has 1 heterocycles. The van der Waals surface area contributed by atoms with E-state index in [0.717, 1.165) is 38.5 Å². The minimum absolute atomic E-state index is 0.0390. The number of hydrogen-bond acceptors (Lipinski definition) is 11. The minimum Gasteiger partial charge on any atom is -0.481 e. The summed E-state index contributed by atoms with van der Waals surface area (Å²) in [4.78, 5) is 136. The maximum Gasteiger partial charge on any atom is 0.328 e. The van der Waals surface area contributed by atoms with Crippen LogP contribution in [0.3, 0.4) is 0 Å². The highest BCUT2D eigenvalue weighted by Gasteiger charge is 2.37. The molecule has 0 aromatic rings. The van der Waals surface area contributed by atoms with Crippen molar-refractivity contribution in [1.82, 2.24) is 37.2 Å². The van der Waals surface area contributed by atoms with Crippen molar-refractivity contribution >= 4 is 59.3 Å². The smallest absolute Gasteiger partial charge is 0.328 e. The van der Waals surface area contributed by atoms with Crippen LogP contribution in [0.5, 0.6) is 0 Å². The lowest BCUT2D eigenvalue weighted by Gasteiger charge is -2.29. The first-order chi connectivity index (χ1) is 33.6. The summed E-state index contributed by atoms with van der Waals surface area (Å²) in [5.74, 6) is -10.2. The summed E-state index contributed by atoms with van der Waals surface area (Å²) in [7, 11) is 0. The molecule has 0 aromatic carbocycles. The fourth-order valence-electron chi connectivity index (χ4n) is 8.40. The maximum atomic E-state index is 14.2. The number of carbonyl (C=O) groups is 10. The molecule has 1 fully saturated rings. The molecule has 0 radical (unpaired) electrons. The van der Waals surface area contributed by atoms with E-state index in [2.05, 4.69) is 51.1 Å². The van der Waals surface area contributed by atoms with E-state index in [9.17, 15) is 58.2 Å². The van der Waals surface area contributed by atoms with E-state index in [1.807, 2.05) is 13.8 Å². The molecule has 1 rings (SSSR count). The van der Waals surface area contributed by atoms with Crippen LogP contribution in [0, 0.1) is 35.5 Å². The van der Waals surface area contributed by atoms with Crippen molar-refractivity contribution in [3.05, 3.63) is 0 Å². The fraction of sp³-hybridized carbons (Fsp3) is 0.808. The number of nitrogens with one attached hydrogen (secondary N) is 7. The molecule has 1 unspecified atom stereocenters. The van der Waals surface area contributed by atoms with E-state index in [0.29, 0.717) is 12.3 Å². The van der Waals surface area contributed by atoms with Gasteiger partial charge < -0.3 is 52.2 Å². The topological polar surface area (TPSA) is 305 Å². The lowest BCUT2D eigenvalue weighted by atomic mass is 9.98. The van der Waals surface area contributed by atoms with Gasteiger partial charge in [-0.15, -0.1) is 0 Å². The zero-order chi connectivity index (χ0) is 54.8. The van der Waals surface area contributed by atoms with Gasteiger partial charge in [-0.2, -0.15) is 0 Å². The van der Waals surface area contributed by atoms with Crippen LogP contribution in [0.25, 0.3) is 0 Å². The molecule has 8 atom stereocenters. The Morgan fingerprint density at radius 3 is 1.31 bits per heavy atom. The first kappa shape index (κ1) is 64.7. The quantitative estimate of drug-likeness (QED) is 0.0498. The van der Waals surface area contributed by atoms with Crippen molar-refractivity contribution in [3.63, 3.8) is 0 Å². The van der Waals surface area contributed by atoms with Gasteiger partial charge in [-0.1, -0.05) is 122 Å². The lowest BCUT2D eigenvalue weighted by molar-refractivity contribution is -0.155. The average molecular weight is 1020 g/mol. The number of esters is 1. The van der Waals surface area contributed by atoms with Gasteiger partial charge in [0, 0.05) is 6.42 Å². The number of rotatable bonds is 23. The third-order valence-electron chi connectivity index (χ3n) is 12.1. The maximum absolute atomic E-state index is 14.2. The zero-order valence-electron chi connectivity index (χ0n) is 45.3. The normalized spacial score (nSPS) is 24.2. The number of amides is 7. The van der Waals surface area contributed by atoms with Gasteiger partial charge >= 0.3 is 17.9 Å². The van der Waals surface area contributed by atoms with Crippen LogP contribution in [0.15, 0.2) is 0 Å². The molecule has 72 heavy (non-hydrogen) atoms. The molecule has 0 saturated carbocycles. The van der Waals surface area contributed by atoms with Gasteiger partial charge in [0.1, 0.15) is 48.4 Å². The molecule has 7 amide bonds. The molecule has 9 N–H and O–H groups in total. The number of hydrogen-bond donors (Lipinski definition) is 9. The Morgan fingerprint density at radius 1 is 0.458 bits per heavy atom. The van der Waals surface area contributed by atoms with E-state index in [1.54, 1.807) is 55.4 Å². The van der Waals surface area contributed by atoms with Gasteiger partial charge in [-0.25, -0.2) is 4.79 Å². The lowest BCUT2D eigenvalue weighted by Crippen LogP contribution is -2.61. The van der Waals surface area contributed by atoms with Crippen molar-refractivity contribution in [2.24, 2.45) is 35.5 Å². The van der Waals surface area contributed by atoms with Gasteiger partial charge in [0.05, 0.1) is 12.8 Å². The molecule has 0 aliphatic carbocycles. The summed E-state index contributed by atoms with van der Waals surface area (Å²) < 4.78 is 6.03. The first-order valence-electron chi connectivity index (χ1n) is 26.3. The van der Waals surface area contributed by atoms with Crippen LogP contribution in [0.2, 0.25) is 0 Å². The van der Waals surface area contributed by atoms with E-state index in [-0.39, 0.29) is 62.2 Å². The van der Waals surface area contributed by atoms with E-state index in [1.165, 1.54) is 0 Å². The second-order valence-corrected chi connectivity index (χ2v) is 22.1. The molecular weight excluding hydrogens is 931 g/mol. The largest absolute Gasteiger partial charge is 0.481 e. The Labute approximate surface area is 428 Å². The van der Waals surface area contributed by atoms with Gasteiger partial charge in [0.25, 0.3) is 0 Å². The number of carboxylic acid groups (broad SMARTS) is 2. The predicted molar refractivity (Wildman–Crippen MR) is 272 cm³/mol. The monoisotopic (exact) mass is 1020 g/mol. The van der Waals surface area contributed by atoms with E-state index < -0.39 is 133 Å². The second kappa shape index (κ2) is 33.4.